The lowest BCUT2D eigenvalue weighted by molar-refractivity contribution is -0.119. The number of amides is 1. The number of methoxy groups -OCH3 is 1. The van der Waals surface area contributed by atoms with Gasteiger partial charge in [-0.1, -0.05) is 0 Å². The van der Waals surface area contributed by atoms with Crippen LogP contribution in [0.4, 0.5) is 11.4 Å². The van der Waals surface area contributed by atoms with Gasteiger partial charge in [-0.3, -0.25) is 14.2 Å². The third-order valence-corrected chi connectivity index (χ3v) is 3.31. The third-order valence-electron chi connectivity index (χ3n) is 3.31. The fourth-order valence-corrected chi connectivity index (χ4v) is 2.22. The number of nitrogens with zero attached hydrogens (tertiary/aromatic N) is 3. The Hall–Kier alpha value is -2.93. The molecule has 1 aromatic carbocycles. The highest BCUT2D eigenvalue weighted by Crippen LogP contribution is 2.15. The molecule has 0 atom stereocenters. The van der Waals surface area contributed by atoms with Crippen molar-refractivity contribution in [2.24, 2.45) is 0 Å². The molecule has 0 bridgehead atoms. The second-order valence-corrected chi connectivity index (χ2v) is 4.97. The van der Waals surface area contributed by atoms with E-state index in [4.69, 9.17) is 4.74 Å². The maximum atomic E-state index is 11.4. The summed E-state index contributed by atoms with van der Waals surface area (Å²) in [6.45, 7) is 0.684. The number of carbonyl (C=O) groups is 1. The molecule has 0 aliphatic carbocycles. The Balaban J connectivity index is 1.61. The topological polar surface area (TPSA) is 80.5 Å². The highest BCUT2D eigenvalue weighted by atomic mass is 16.5. The normalized spacial score (nSPS) is 10.7. The van der Waals surface area contributed by atoms with Crippen LogP contribution < -0.4 is 10.6 Å². The summed E-state index contributed by atoms with van der Waals surface area (Å²) in [4.78, 5) is 19.8. The summed E-state index contributed by atoms with van der Waals surface area (Å²) in [5.74, 6) is -0.174. The molecule has 0 radical (unpaired) electrons. The molecule has 2 aromatic heterocycles. The zero-order valence-corrected chi connectivity index (χ0v) is 12.7. The third kappa shape index (κ3) is 3.64. The molecule has 7 nitrogen and oxygen atoms in total. The lowest BCUT2D eigenvalue weighted by Crippen LogP contribution is -2.16. The molecule has 0 saturated carbocycles. The standard InChI is InChI=1S/C16H17N5O2/c1-23-11-16(22)20-13-4-2-12(3-5-13)18-8-14-9-19-15-10-17-6-7-21(14)15/h2-7,9-10,18H,8,11H2,1H3,(H,20,22). The van der Waals surface area contributed by atoms with Crippen LogP contribution in [-0.2, 0) is 16.1 Å². The molecular formula is C16H17N5O2. The molecule has 3 aromatic rings. The molecule has 7 heteroatoms. The summed E-state index contributed by atoms with van der Waals surface area (Å²) in [7, 11) is 1.49. The Morgan fingerprint density at radius 2 is 2.00 bits per heavy atom. The van der Waals surface area contributed by atoms with Crippen LogP contribution in [0.15, 0.2) is 49.1 Å². The van der Waals surface area contributed by atoms with Crippen LogP contribution in [0.2, 0.25) is 0 Å². The van der Waals surface area contributed by atoms with Gasteiger partial charge in [-0.05, 0) is 24.3 Å². The van der Waals surface area contributed by atoms with Gasteiger partial charge in [0.05, 0.1) is 24.6 Å². The lowest BCUT2D eigenvalue weighted by atomic mass is 10.2. The Morgan fingerprint density at radius 1 is 1.22 bits per heavy atom. The fourth-order valence-electron chi connectivity index (χ4n) is 2.22. The number of imidazole rings is 1. The van der Waals surface area contributed by atoms with Crippen LogP contribution >= 0.6 is 0 Å². The molecule has 2 heterocycles. The Kier molecular flexibility index (Phi) is 4.49. The van der Waals surface area contributed by atoms with Crippen LogP contribution in [-0.4, -0.2) is 34.0 Å². The largest absolute Gasteiger partial charge is 0.379 e. The van der Waals surface area contributed by atoms with E-state index in [-0.39, 0.29) is 12.5 Å². The molecule has 0 saturated heterocycles. The number of hydrogen-bond donors (Lipinski definition) is 2. The van der Waals surface area contributed by atoms with Gasteiger partial charge < -0.3 is 15.4 Å². The molecule has 2 N–H and O–H groups in total. The van der Waals surface area contributed by atoms with Gasteiger partial charge in [0.15, 0.2) is 5.65 Å². The molecule has 23 heavy (non-hydrogen) atoms. The average molecular weight is 311 g/mol. The average Bonchev–Trinajstić information content (AvgIpc) is 2.98. The summed E-state index contributed by atoms with van der Waals surface area (Å²) in [6.07, 6.45) is 7.16. The highest BCUT2D eigenvalue weighted by molar-refractivity contribution is 5.91. The number of hydrogen-bond acceptors (Lipinski definition) is 5. The molecule has 3 rings (SSSR count). The van der Waals surface area contributed by atoms with Crippen molar-refractivity contribution >= 4 is 22.9 Å². The van der Waals surface area contributed by atoms with Crippen molar-refractivity contribution in [1.82, 2.24) is 14.4 Å². The summed E-state index contributed by atoms with van der Waals surface area (Å²) < 4.78 is 6.76. The van der Waals surface area contributed by atoms with Gasteiger partial charge >= 0.3 is 0 Å². The number of aromatic nitrogens is 3. The van der Waals surface area contributed by atoms with Crippen molar-refractivity contribution in [3.05, 3.63) is 54.7 Å². The van der Waals surface area contributed by atoms with E-state index in [1.54, 1.807) is 12.4 Å². The smallest absolute Gasteiger partial charge is 0.250 e. The molecule has 0 aliphatic rings. The highest BCUT2D eigenvalue weighted by Gasteiger charge is 2.04. The molecule has 118 valence electrons. The van der Waals surface area contributed by atoms with Crippen molar-refractivity contribution in [2.45, 2.75) is 6.54 Å². The van der Waals surface area contributed by atoms with Crippen LogP contribution in [0.3, 0.4) is 0 Å². The molecule has 1 amide bonds. The Labute approximate surface area is 133 Å². The minimum absolute atomic E-state index is 0.0448. The Morgan fingerprint density at radius 3 is 2.78 bits per heavy atom. The number of fused-ring (bicyclic) bond motifs is 1. The van der Waals surface area contributed by atoms with E-state index in [0.29, 0.717) is 6.54 Å². The van der Waals surface area contributed by atoms with Gasteiger partial charge in [-0.25, -0.2) is 4.98 Å². The van der Waals surface area contributed by atoms with Crippen molar-refractivity contribution in [3.8, 4) is 0 Å². The second-order valence-electron chi connectivity index (χ2n) is 4.97. The van der Waals surface area contributed by atoms with E-state index in [0.717, 1.165) is 22.7 Å². The summed E-state index contributed by atoms with van der Waals surface area (Å²) >= 11 is 0. The predicted molar refractivity (Wildman–Crippen MR) is 87.3 cm³/mol. The van der Waals surface area contributed by atoms with Crippen LogP contribution in [0, 0.1) is 0 Å². The van der Waals surface area contributed by atoms with Crippen molar-refractivity contribution in [3.63, 3.8) is 0 Å². The van der Waals surface area contributed by atoms with Crippen molar-refractivity contribution in [2.75, 3.05) is 24.4 Å². The number of ether oxygens (including phenoxy) is 1. The maximum absolute atomic E-state index is 11.4. The van der Waals surface area contributed by atoms with E-state index >= 15 is 0 Å². The summed E-state index contributed by atoms with van der Waals surface area (Å²) in [5.41, 5.74) is 3.55. The molecular weight excluding hydrogens is 294 g/mol. The minimum Gasteiger partial charge on any atom is -0.379 e. The minimum atomic E-state index is -0.174. The first-order valence-electron chi connectivity index (χ1n) is 7.15. The van der Waals surface area contributed by atoms with Crippen LogP contribution in [0.1, 0.15) is 5.69 Å². The zero-order valence-electron chi connectivity index (χ0n) is 12.7. The summed E-state index contributed by atoms with van der Waals surface area (Å²) in [5, 5.41) is 6.08. The lowest BCUT2D eigenvalue weighted by Gasteiger charge is -2.08. The van der Waals surface area contributed by atoms with Crippen LogP contribution in [0.25, 0.3) is 5.65 Å². The molecule has 0 unspecified atom stereocenters. The zero-order chi connectivity index (χ0) is 16.1. The molecule has 0 fully saturated rings. The van der Waals surface area contributed by atoms with Crippen molar-refractivity contribution < 1.29 is 9.53 Å². The van der Waals surface area contributed by atoms with Gasteiger partial charge in [0, 0.05) is 30.9 Å². The van der Waals surface area contributed by atoms with Gasteiger partial charge in [0.1, 0.15) is 6.61 Å². The Bertz CT molecular complexity index is 798. The van der Waals surface area contributed by atoms with E-state index in [1.807, 2.05) is 41.1 Å². The van der Waals surface area contributed by atoms with Crippen molar-refractivity contribution in [1.29, 1.82) is 0 Å². The first kappa shape index (κ1) is 15.0. The van der Waals surface area contributed by atoms with Gasteiger partial charge in [0.2, 0.25) is 5.91 Å². The van der Waals surface area contributed by atoms with Gasteiger partial charge in [-0.15, -0.1) is 0 Å². The van der Waals surface area contributed by atoms with E-state index in [9.17, 15) is 4.79 Å². The van der Waals surface area contributed by atoms with Crippen LogP contribution in [0.5, 0.6) is 0 Å². The first-order valence-corrected chi connectivity index (χ1v) is 7.15. The SMILES string of the molecule is COCC(=O)Nc1ccc(NCc2cnc3cnccn23)cc1. The predicted octanol–water partition coefficient (Wildman–Crippen LogP) is 1.93. The van der Waals surface area contributed by atoms with E-state index in [2.05, 4.69) is 20.6 Å². The maximum Gasteiger partial charge on any atom is 0.250 e. The van der Waals surface area contributed by atoms with E-state index in [1.165, 1.54) is 7.11 Å². The molecule has 0 aliphatic heterocycles. The fraction of sp³-hybridized carbons (Fsp3) is 0.188. The van der Waals surface area contributed by atoms with Gasteiger partial charge in [-0.2, -0.15) is 0 Å². The molecule has 0 spiro atoms. The number of carbonyl (C=O) groups excluding carboxylic acids is 1. The summed E-state index contributed by atoms with van der Waals surface area (Å²) in [6, 6.07) is 7.50. The number of rotatable bonds is 6. The monoisotopic (exact) mass is 311 g/mol. The van der Waals surface area contributed by atoms with Gasteiger partial charge in [0.25, 0.3) is 0 Å². The number of benzene rings is 1. The second kappa shape index (κ2) is 6.89. The van der Waals surface area contributed by atoms with E-state index < -0.39 is 0 Å². The number of anilines is 2. The quantitative estimate of drug-likeness (QED) is 0.727. The number of nitrogens with one attached hydrogen (secondary N) is 2. The first-order chi connectivity index (χ1) is 11.3.